The van der Waals surface area contributed by atoms with Crippen LogP contribution in [0.15, 0.2) is 48.7 Å². The molecule has 2 fully saturated rings. The molecule has 0 radical (unpaired) electrons. The van der Waals surface area contributed by atoms with E-state index in [-0.39, 0.29) is 40.7 Å². The number of pyridine rings is 1. The van der Waals surface area contributed by atoms with Gasteiger partial charge in [0.1, 0.15) is 17.2 Å². The quantitative estimate of drug-likeness (QED) is 0.172. The first kappa shape index (κ1) is 35.2. The molecule has 4 atom stereocenters. The normalized spacial score (nSPS) is 20.6. The molecule has 0 aliphatic carbocycles. The Kier molecular flexibility index (Phi) is 9.51. The van der Waals surface area contributed by atoms with E-state index in [2.05, 4.69) is 18.0 Å². The zero-order chi connectivity index (χ0) is 36.2. The summed E-state index contributed by atoms with van der Waals surface area (Å²) in [7, 11) is 2.09. The van der Waals surface area contributed by atoms with Crippen LogP contribution in [0.2, 0.25) is 10.0 Å². The molecular formula is C39H41Cl2FN6O3. The molecule has 2 saturated heterocycles. The van der Waals surface area contributed by atoms with Crippen LogP contribution < -0.4 is 4.74 Å². The number of likely N-dealkylation sites (tertiary alicyclic amines) is 2. The van der Waals surface area contributed by atoms with Crippen molar-refractivity contribution in [3.63, 3.8) is 0 Å². The molecule has 0 N–H and O–H groups in total. The van der Waals surface area contributed by atoms with Crippen LogP contribution >= 0.6 is 23.2 Å². The van der Waals surface area contributed by atoms with Crippen LogP contribution in [0.1, 0.15) is 65.8 Å². The minimum absolute atomic E-state index is 0.106. The van der Waals surface area contributed by atoms with Crippen molar-refractivity contribution in [3.05, 3.63) is 64.5 Å². The molecule has 2 aromatic heterocycles. The number of hydrogen-bond acceptors (Lipinski definition) is 7. The highest BCUT2D eigenvalue weighted by Gasteiger charge is 2.37. The average Bonchev–Trinajstić information content (AvgIpc) is 3.72. The lowest BCUT2D eigenvalue weighted by Crippen LogP contribution is -2.48. The first-order chi connectivity index (χ1) is 24.4. The number of likely N-dealkylation sites (N-methyl/N-ethyl adjacent to an activating group) is 1. The van der Waals surface area contributed by atoms with Gasteiger partial charge in [-0.15, -0.1) is 0 Å². The second-order valence-corrected chi connectivity index (χ2v) is 15.6. The number of hydrogen-bond donors (Lipinski definition) is 0. The first-order valence-electron chi connectivity index (χ1n) is 17.5. The zero-order valence-corrected chi connectivity index (χ0v) is 30.9. The van der Waals surface area contributed by atoms with Gasteiger partial charge < -0.3 is 14.4 Å². The van der Waals surface area contributed by atoms with E-state index < -0.39 is 23.6 Å². The molecule has 2 aliphatic heterocycles. The molecule has 2 aliphatic rings. The number of benzene rings is 3. The number of aromatic nitrogens is 3. The van der Waals surface area contributed by atoms with E-state index in [1.165, 1.54) is 0 Å². The van der Waals surface area contributed by atoms with E-state index in [1.54, 1.807) is 23.2 Å². The summed E-state index contributed by atoms with van der Waals surface area (Å²) in [6.45, 7) is 8.83. The summed E-state index contributed by atoms with van der Waals surface area (Å²) in [6.07, 6.45) is 4.24. The van der Waals surface area contributed by atoms with Crippen molar-refractivity contribution in [2.24, 2.45) is 0 Å². The monoisotopic (exact) mass is 730 g/mol. The van der Waals surface area contributed by atoms with E-state index in [0.717, 1.165) is 24.8 Å². The summed E-state index contributed by atoms with van der Waals surface area (Å²) < 4.78 is 31.4. The number of amides is 1. The smallest absolute Gasteiger partial charge is 0.410 e. The third-order valence-corrected chi connectivity index (χ3v) is 10.8. The number of nitriles is 1. The number of carbonyl (C=O) groups excluding carboxylic acids is 1. The number of halogens is 3. The van der Waals surface area contributed by atoms with Gasteiger partial charge in [-0.25, -0.2) is 14.2 Å². The van der Waals surface area contributed by atoms with Crippen LogP contribution in [0.25, 0.3) is 43.7 Å². The highest BCUT2D eigenvalue weighted by molar-refractivity contribution is 6.38. The topological polar surface area (TPSA) is 96.5 Å². The second-order valence-electron chi connectivity index (χ2n) is 14.7. The highest BCUT2D eigenvalue weighted by Crippen LogP contribution is 2.44. The molecule has 266 valence electrons. The van der Waals surface area contributed by atoms with Crippen molar-refractivity contribution < 1.29 is 18.7 Å². The van der Waals surface area contributed by atoms with Gasteiger partial charge in [-0.3, -0.25) is 9.58 Å². The summed E-state index contributed by atoms with van der Waals surface area (Å²) in [5, 5.41) is 18.0. The maximum Gasteiger partial charge on any atom is 0.410 e. The summed E-state index contributed by atoms with van der Waals surface area (Å²) in [4.78, 5) is 22.0. The minimum Gasteiger partial charge on any atom is -0.472 e. The molecule has 1 amide bonds. The van der Waals surface area contributed by atoms with Gasteiger partial charge in [0.25, 0.3) is 0 Å². The Labute approximate surface area is 306 Å². The average molecular weight is 732 g/mol. The third-order valence-electron chi connectivity index (χ3n) is 10.2. The molecule has 0 bridgehead atoms. The van der Waals surface area contributed by atoms with Gasteiger partial charge in [0, 0.05) is 33.9 Å². The summed E-state index contributed by atoms with van der Waals surface area (Å²) in [6, 6.07) is 14.7. The van der Waals surface area contributed by atoms with Gasteiger partial charge >= 0.3 is 6.09 Å². The molecule has 9 nitrogen and oxygen atoms in total. The molecule has 4 heterocycles. The Hall–Kier alpha value is -4.17. The lowest BCUT2D eigenvalue weighted by Gasteiger charge is -2.39. The van der Waals surface area contributed by atoms with Gasteiger partial charge in [0.15, 0.2) is 5.82 Å². The fraction of sp³-hybridized carbons (Fsp3) is 0.436. The van der Waals surface area contributed by atoms with Crippen molar-refractivity contribution >= 4 is 61.9 Å². The fourth-order valence-corrected chi connectivity index (χ4v) is 8.44. The molecule has 7 rings (SSSR count). The Bertz CT molecular complexity index is 2190. The van der Waals surface area contributed by atoms with Gasteiger partial charge in [0.2, 0.25) is 5.88 Å². The number of ether oxygens (including phenoxy) is 2. The predicted octanol–water partition coefficient (Wildman–Crippen LogP) is 9.57. The van der Waals surface area contributed by atoms with Crippen molar-refractivity contribution in [3.8, 4) is 23.1 Å². The Morgan fingerprint density at radius 3 is 2.59 bits per heavy atom. The molecular weight excluding hydrogens is 690 g/mol. The van der Waals surface area contributed by atoms with Crippen molar-refractivity contribution in [2.45, 2.75) is 89.6 Å². The minimum atomic E-state index is -0.671. The van der Waals surface area contributed by atoms with Crippen molar-refractivity contribution in [2.75, 3.05) is 20.1 Å². The molecule has 0 saturated carbocycles. The summed E-state index contributed by atoms with van der Waals surface area (Å²) in [5.74, 6) is -0.295. The number of carbonyl (C=O) groups is 1. The largest absolute Gasteiger partial charge is 0.472 e. The molecule has 0 spiro atoms. The second kappa shape index (κ2) is 13.8. The van der Waals surface area contributed by atoms with Crippen LogP contribution in [0.4, 0.5) is 9.18 Å². The van der Waals surface area contributed by atoms with Gasteiger partial charge in [0.05, 0.1) is 46.7 Å². The van der Waals surface area contributed by atoms with Crippen LogP contribution in [-0.2, 0) is 4.74 Å². The van der Waals surface area contributed by atoms with E-state index >= 15 is 4.39 Å². The first-order valence-corrected chi connectivity index (χ1v) is 18.2. The maximum absolute atomic E-state index is 17.2. The lowest BCUT2D eigenvalue weighted by molar-refractivity contribution is 0.00565. The Balaban J connectivity index is 1.39. The van der Waals surface area contributed by atoms with E-state index in [9.17, 15) is 10.1 Å². The van der Waals surface area contributed by atoms with Gasteiger partial charge in [-0.2, -0.15) is 10.4 Å². The molecule has 51 heavy (non-hydrogen) atoms. The van der Waals surface area contributed by atoms with Crippen molar-refractivity contribution in [1.29, 1.82) is 5.26 Å². The number of nitrogens with zero attached hydrogens (tertiary/aromatic N) is 6. The Morgan fingerprint density at radius 2 is 1.88 bits per heavy atom. The Morgan fingerprint density at radius 1 is 1.12 bits per heavy atom. The van der Waals surface area contributed by atoms with Crippen LogP contribution in [-0.4, -0.2) is 74.6 Å². The fourth-order valence-electron chi connectivity index (χ4n) is 7.86. The number of rotatable bonds is 6. The molecule has 3 aromatic carbocycles. The number of fused-ring (bicyclic) bond motifs is 4. The standard InChI is InChI=1S/C39H41Cl2FN6O3/c1-22(31-13-8-17-46(31)5)50-37-28-21-44-48(25-15-18-47(24(19-25)14-16-43)38(49)51-39(2,3)4)36(28)27-20-30(41)33(34(42)35(27)45-37)26-11-6-9-23-10-7-12-29(40)32(23)26/h6-7,9-12,20-22,24-25,31H,8,13-15,17-19H2,1-5H3/t22-,24+,25-,31-/m0/s1. The maximum atomic E-state index is 17.2. The van der Waals surface area contributed by atoms with E-state index in [0.29, 0.717) is 57.5 Å². The van der Waals surface area contributed by atoms with Crippen LogP contribution in [0.5, 0.6) is 5.88 Å². The molecule has 5 aromatic rings. The third kappa shape index (κ3) is 6.56. The lowest BCUT2D eigenvalue weighted by atomic mass is 9.94. The van der Waals surface area contributed by atoms with Gasteiger partial charge in [-0.1, -0.05) is 53.5 Å². The van der Waals surface area contributed by atoms with Crippen molar-refractivity contribution in [1.82, 2.24) is 24.6 Å². The van der Waals surface area contributed by atoms with Crippen LogP contribution in [0.3, 0.4) is 0 Å². The molecule has 12 heteroatoms. The number of piperidine rings is 1. The summed E-state index contributed by atoms with van der Waals surface area (Å²) >= 11 is 13.7. The van der Waals surface area contributed by atoms with E-state index in [4.69, 9.17) is 42.8 Å². The summed E-state index contributed by atoms with van der Waals surface area (Å²) in [5.41, 5.74) is 0.840. The van der Waals surface area contributed by atoms with Gasteiger partial charge in [-0.05, 0) is 90.1 Å². The SMILES string of the molecule is C[C@H](Oc1nc2c(F)c(-c3cccc4cccc(Cl)c34)c(Cl)cc2c2c1cnn2[C@H]1CCN(C(=O)OC(C)(C)C)[C@H](CC#N)C1)[C@@H]1CCCN1C. The van der Waals surface area contributed by atoms with E-state index in [1.807, 2.05) is 62.7 Å². The predicted molar refractivity (Wildman–Crippen MR) is 199 cm³/mol. The van der Waals surface area contributed by atoms with Crippen LogP contribution in [0, 0.1) is 17.1 Å². The zero-order valence-electron chi connectivity index (χ0n) is 29.4. The molecule has 0 unspecified atom stereocenters. The highest BCUT2D eigenvalue weighted by atomic mass is 35.5.